The lowest BCUT2D eigenvalue weighted by molar-refractivity contribution is -0.285. The molecule has 4 nitrogen and oxygen atoms in total. The van der Waals surface area contributed by atoms with Gasteiger partial charge in [0.2, 0.25) is 0 Å². The maximum absolute atomic E-state index is 13.0. The van der Waals surface area contributed by atoms with Gasteiger partial charge in [-0.3, -0.25) is 4.79 Å². The van der Waals surface area contributed by atoms with Gasteiger partial charge in [-0.1, -0.05) is 18.2 Å². The molecule has 0 aliphatic rings. The molecular weight excluding hydrogens is 349 g/mol. The molecule has 1 unspecified atom stereocenters. The second kappa shape index (κ2) is 7.99. The third-order valence-electron chi connectivity index (χ3n) is 3.46. The second-order valence-electron chi connectivity index (χ2n) is 6.12. The van der Waals surface area contributed by atoms with Gasteiger partial charge in [0.1, 0.15) is 5.75 Å². The summed E-state index contributed by atoms with van der Waals surface area (Å²) in [6.45, 7) is 1.95. The molecule has 0 bridgehead atoms. The zero-order chi connectivity index (χ0) is 19.3. The van der Waals surface area contributed by atoms with Gasteiger partial charge in [-0.25, -0.2) is 0 Å². The van der Waals surface area contributed by atoms with E-state index in [2.05, 4.69) is 5.32 Å². The Hall–Kier alpha value is -1.90. The fraction of sp³-hybridized carbons (Fsp3) is 0.562. The van der Waals surface area contributed by atoms with E-state index in [0.717, 1.165) is 0 Å². The van der Waals surface area contributed by atoms with Crippen molar-refractivity contribution >= 4 is 5.91 Å². The van der Waals surface area contributed by atoms with Crippen molar-refractivity contribution in [2.45, 2.75) is 50.4 Å². The Morgan fingerprint density at radius 2 is 1.72 bits per heavy atom. The van der Waals surface area contributed by atoms with Gasteiger partial charge in [0.15, 0.2) is 6.61 Å². The Morgan fingerprint density at radius 3 is 2.20 bits per heavy atom. The van der Waals surface area contributed by atoms with E-state index in [9.17, 15) is 31.9 Å². The number of halogens is 5. The van der Waals surface area contributed by atoms with Gasteiger partial charge in [-0.2, -0.15) is 22.0 Å². The summed E-state index contributed by atoms with van der Waals surface area (Å²) in [4.78, 5) is 11.8. The molecule has 25 heavy (non-hydrogen) atoms. The predicted octanol–water partition coefficient (Wildman–Crippen LogP) is 3.30. The molecule has 1 amide bonds. The van der Waals surface area contributed by atoms with Crippen LogP contribution in [0.5, 0.6) is 5.75 Å². The zero-order valence-electron chi connectivity index (χ0n) is 13.7. The average molecular weight is 369 g/mol. The highest BCUT2D eigenvalue weighted by Crippen LogP contribution is 2.39. The Balaban J connectivity index is 2.63. The summed E-state index contributed by atoms with van der Waals surface area (Å²) in [6, 6.07) is 6.96. The monoisotopic (exact) mass is 369 g/mol. The molecule has 0 aromatic heterocycles. The van der Waals surface area contributed by atoms with Crippen LogP contribution in [0.3, 0.4) is 0 Å². The highest BCUT2D eigenvalue weighted by Gasteiger charge is 2.57. The summed E-state index contributed by atoms with van der Waals surface area (Å²) in [5.74, 6) is -5.26. The molecular formula is C16H20F5NO3. The van der Waals surface area contributed by atoms with Crippen LogP contribution >= 0.6 is 0 Å². The van der Waals surface area contributed by atoms with Gasteiger partial charge < -0.3 is 15.2 Å². The Kier molecular flexibility index (Phi) is 6.75. The number of rotatable bonds is 8. The fourth-order valence-corrected chi connectivity index (χ4v) is 1.97. The topological polar surface area (TPSA) is 58.6 Å². The van der Waals surface area contributed by atoms with E-state index >= 15 is 0 Å². The minimum Gasteiger partial charge on any atom is -0.484 e. The number of nitrogens with one attached hydrogen (secondary N) is 1. The van der Waals surface area contributed by atoms with Crippen molar-refractivity contribution in [1.82, 2.24) is 5.32 Å². The molecule has 1 atom stereocenters. The molecule has 0 aliphatic heterocycles. The van der Waals surface area contributed by atoms with E-state index < -0.39 is 49.1 Å². The van der Waals surface area contributed by atoms with E-state index in [1.165, 1.54) is 13.8 Å². The van der Waals surface area contributed by atoms with E-state index in [1.807, 2.05) is 0 Å². The number of para-hydroxylation sites is 1. The quantitative estimate of drug-likeness (QED) is 0.692. The maximum Gasteiger partial charge on any atom is 0.453 e. The summed E-state index contributed by atoms with van der Waals surface area (Å²) >= 11 is 0. The molecule has 142 valence electrons. The zero-order valence-corrected chi connectivity index (χ0v) is 13.7. The first-order chi connectivity index (χ1) is 11.3. The third-order valence-corrected chi connectivity index (χ3v) is 3.46. The molecule has 2 N–H and O–H groups in total. The van der Waals surface area contributed by atoms with Crippen LogP contribution < -0.4 is 10.1 Å². The molecule has 1 rings (SSSR count). The number of carbonyl (C=O) groups is 1. The number of ether oxygens (including phenoxy) is 1. The minimum absolute atomic E-state index is 0.390. The molecule has 0 saturated heterocycles. The number of hydrogen-bond donors (Lipinski definition) is 2. The molecule has 9 heteroatoms. The SMILES string of the molecule is CC(C)(O)C(CCC(F)(F)C(F)(F)F)NC(=O)COc1ccccc1. The number of amides is 1. The average Bonchev–Trinajstić information content (AvgIpc) is 2.48. The van der Waals surface area contributed by atoms with Gasteiger partial charge >= 0.3 is 12.1 Å². The predicted molar refractivity (Wildman–Crippen MR) is 80.4 cm³/mol. The molecule has 0 heterocycles. The van der Waals surface area contributed by atoms with Crippen molar-refractivity contribution in [3.05, 3.63) is 30.3 Å². The van der Waals surface area contributed by atoms with Crippen LogP contribution in [-0.2, 0) is 4.79 Å². The van der Waals surface area contributed by atoms with Gasteiger partial charge in [-0.15, -0.1) is 0 Å². The molecule has 0 aliphatic carbocycles. The minimum atomic E-state index is -5.68. The van der Waals surface area contributed by atoms with Crippen LogP contribution in [0.2, 0.25) is 0 Å². The number of benzene rings is 1. The van der Waals surface area contributed by atoms with Crippen LogP contribution in [0.1, 0.15) is 26.7 Å². The first-order valence-corrected chi connectivity index (χ1v) is 7.47. The first-order valence-electron chi connectivity index (χ1n) is 7.47. The smallest absolute Gasteiger partial charge is 0.453 e. The summed E-state index contributed by atoms with van der Waals surface area (Å²) < 4.78 is 67.9. The molecule has 0 spiro atoms. The van der Waals surface area contributed by atoms with Crippen molar-refractivity contribution in [2.75, 3.05) is 6.61 Å². The van der Waals surface area contributed by atoms with E-state index in [1.54, 1.807) is 30.3 Å². The Morgan fingerprint density at radius 1 is 1.16 bits per heavy atom. The largest absolute Gasteiger partial charge is 0.484 e. The van der Waals surface area contributed by atoms with E-state index in [0.29, 0.717) is 5.75 Å². The summed E-state index contributed by atoms with van der Waals surface area (Å²) in [5.41, 5.74) is -1.69. The van der Waals surface area contributed by atoms with Crippen LogP contribution in [0, 0.1) is 0 Å². The van der Waals surface area contributed by atoms with Gasteiger partial charge in [-0.05, 0) is 32.4 Å². The highest BCUT2D eigenvalue weighted by atomic mass is 19.4. The van der Waals surface area contributed by atoms with Gasteiger partial charge in [0.05, 0.1) is 11.6 Å². The third kappa shape index (κ3) is 6.85. The van der Waals surface area contributed by atoms with Crippen molar-refractivity contribution in [1.29, 1.82) is 0 Å². The maximum atomic E-state index is 13.0. The van der Waals surface area contributed by atoms with E-state index in [-0.39, 0.29) is 0 Å². The lowest BCUT2D eigenvalue weighted by Crippen LogP contribution is -2.51. The first kappa shape index (κ1) is 21.1. The molecule has 0 saturated carbocycles. The van der Waals surface area contributed by atoms with Crippen LogP contribution in [-0.4, -0.2) is 41.4 Å². The lowest BCUT2D eigenvalue weighted by atomic mass is 9.93. The normalized spacial score (nSPS) is 14.1. The van der Waals surface area contributed by atoms with Crippen molar-refractivity contribution in [3.63, 3.8) is 0 Å². The highest BCUT2D eigenvalue weighted by molar-refractivity contribution is 5.78. The molecule has 1 aromatic rings. The van der Waals surface area contributed by atoms with E-state index in [4.69, 9.17) is 4.74 Å². The number of alkyl halides is 5. The number of carbonyl (C=O) groups excluding carboxylic acids is 1. The molecule has 0 radical (unpaired) electrons. The van der Waals surface area contributed by atoms with Crippen LogP contribution in [0.15, 0.2) is 30.3 Å². The molecule has 0 fully saturated rings. The molecule has 1 aromatic carbocycles. The summed E-state index contributed by atoms with van der Waals surface area (Å²) in [5, 5.41) is 12.2. The standard InChI is InChI=1S/C16H20F5NO3/c1-14(2,24)12(8-9-15(17,18)16(19,20)21)22-13(23)10-25-11-6-4-3-5-7-11/h3-7,12,24H,8-10H2,1-2H3,(H,22,23). The Bertz CT molecular complexity index is 555. The second-order valence-corrected chi connectivity index (χ2v) is 6.12. The number of aliphatic hydroxyl groups is 1. The van der Waals surface area contributed by atoms with Gasteiger partial charge in [0, 0.05) is 6.42 Å². The Labute approximate surface area is 142 Å². The number of hydrogen-bond acceptors (Lipinski definition) is 3. The summed E-state index contributed by atoms with van der Waals surface area (Å²) in [7, 11) is 0. The van der Waals surface area contributed by atoms with Crippen LogP contribution in [0.4, 0.5) is 22.0 Å². The fourth-order valence-electron chi connectivity index (χ4n) is 1.97. The van der Waals surface area contributed by atoms with Gasteiger partial charge in [0.25, 0.3) is 5.91 Å². The van der Waals surface area contributed by atoms with Crippen molar-refractivity contribution in [3.8, 4) is 5.75 Å². The van der Waals surface area contributed by atoms with Crippen LogP contribution in [0.25, 0.3) is 0 Å². The van der Waals surface area contributed by atoms with Crippen molar-refractivity contribution < 1.29 is 36.6 Å². The lowest BCUT2D eigenvalue weighted by Gasteiger charge is -2.31. The summed E-state index contributed by atoms with van der Waals surface area (Å²) in [6.07, 6.45) is -7.99. The van der Waals surface area contributed by atoms with Crippen molar-refractivity contribution in [2.24, 2.45) is 0 Å².